The molecule has 0 bridgehead atoms. The first-order valence-corrected chi connectivity index (χ1v) is 8.78. The third-order valence-corrected chi connectivity index (χ3v) is 4.73. The maximum Gasteiger partial charge on any atom is 0.131 e. The van der Waals surface area contributed by atoms with Crippen LogP contribution in [0.1, 0.15) is 11.3 Å². The quantitative estimate of drug-likeness (QED) is 0.602. The smallest absolute Gasteiger partial charge is 0.131 e. The lowest BCUT2D eigenvalue weighted by atomic mass is 10.2. The number of thiazole rings is 1. The van der Waals surface area contributed by atoms with Gasteiger partial charge < -0.3 is 9.47 Å². The van der Waals surface area contributed by atoms with E-state index in [0.717, 1.165) is 26.5 Å². The van der Waals surface area contributed by atoms with Crippen LogP contribution in [0.25, 0.3) is 10.6 Å². The van der Waals surface area contributed by atoms with Gasteiger partial charge in [0.2, 0.25) is 0 Å². The van der Waals surface area contributed by atoms with Crippen molar-refractivity contribution in [2.45, 2.75) is 6.61 Å². The topological polar surface area (TPSA) is 55.1 Å². The van der Waals surface area contributed by atoms with Crippen LogP contribution in [0.2, 0.25) is 0 Å². The van der Waals surface area contributed by atoms with E-state index in [-0.39, 0.29) is 0 Å². The van der Waals surface area contributed by atoms with Gasteiger partial charge in [0.25, 0.3) is 0 Å². The van der Waals surface area contributed by atoms with Gasteiger partial charge in [0.15, 0.2) is 0 Å². The summed E-state index contributed by atoms with van der Waals surface area (Å²) >= 11 is 5.02. The van der Waals surface area contributed by atoms with Crippen molar-refractivity contribution in [1.82, 2.24) is 4.98 Å². The summed E-state index contributed by atoms with van der Waals surface area (Å²) in [5.41, 5.74) is 2.41. The zero-order chi connectivity index (χ0) is 16.9. The van der Waals surface area contributed by atoms with E-state index < -0.39 is 0 Å². The van der Waals surface area contributed by atoms with Crippen LogP contribution >= 0.6 is 27.3 Å². The zero-order valence-corrected chi connectivity index (χ0v) is 15.2. The molecule has 24 heavy (non-hydrogen) atoms. The fourth-order valence-electron chi connectivity index (χ4n) is 2.13. The van der Waals surface area contributed by atoms with Crippen LogP contribution in [0.3, 0.4) is 0 Å². The number of hydrogen-bond donors (Lipinski definition) is 0. The van der Waals surface area contributed by atoms with Crippen molar-refractivity contribution in [1.29, 1.82) is 5.26 Å². The van der Waals surface area contributed by atoms with E-state index in [1.165, 1.54) is 0 Å². The first-order chi connectivity index (χ1) is 11.7. The Morgan fingerprint density at radius 1 is 1.21 bits per heavy atom. The maximum atomic E-state index is 8.80. The fourth-order valence-corrected chi connectivity index (χ4v) is 3.31. The first-order valence-electron chi connectivity index (χ1n) is 7.11. The molecule has 0 radical (unpaired) electrons. The highest BCUT2D eigenvalue weighted by molar-refractivity contribution is 9.10. The molecule has 120 valence electrons. The van der Waals surface area contributed by atoms with Gasteiger partial charge in [-0.15, -0.1) is 11.3 Å². The minimum absolute atomic E-state index is 0.374. The molecule has 2 aromatic carbocycles. The second kappa shape index (κ2) is 7.47. The average molecular weight is 401 g/mol. The summed E-state index contributed by atoms with van der Waals surface area (Å²) in [5.74, 6) is 1.50. The van der Waals surface area contributed by atoms with Gasteiger partial charge in [0.1, 0.15) is 23.1 Å². The van der Waals surface area contributed by atoms with Crippen molar-refractivity contribution in [3.05, 3.63) is 63.6 Å². The fraction of sp³-hybridized carbons (Fsp3) is 0.111. The summed E-state index contributed by atoms with van der Waals surface area (Å²) in [7, 11) is 1.65. The number of aromatic nitrogens is 1. The maximum absolute atomic E-state index is 8.80. The Bertz CT molecular complexity index is 885. The Labute approximate surface area is 152 Å². The summed E-state index contributed by atoms with van der Waals surface area (Å²) in [6.07, 6.45) is 0. The standard InChI is InChI=1S/C18H13BrN2O2S/c1-22-17-7-4-13(19)8-16(17)18-21-14(11-24-18)10-23-15-5-2-12(9-20)3-6-15/h2-8,11H,10H2,1H3. The van der Waals surface area contributed by atoms with Gasteiger partial charge in [-0.2, -0.15) is 5.26 Å². The SMILES string of the molecule is COc1ccc(Br)cc1-c1nc(COc2ccc(C#N)cc2)cs1. The summed E-state index contributed by atoms with van der Waals surface area (Å²) in [6, 6.07) is 14.9. The van der Waals surface area contributed by atoms with Gasteiger partial charge in [-0.3, -0.25) is 0 Å². The summed E-state index contributed by atoms with van der Waals surface area (Å²) < 4.78 is 12.1. The molecule has 0 saturated carbocycles. The van der Waals surface area contributed by atoms with Crippen molar-refractivity contribution in [2.75, 3.05) is 7.11 Å². The van der Waals surface area contributed by atoms with Crippen molar-refractivity contribution in [2.24, 2.45) is 0 Å². The highest BCUT2D eigenvalue weighted by Crippen LogP contribution is 2.34. The van der Waals surface area contributed by atoms with Crippen LogP contribution in [0.15, 0.2) is 52.3 Å². The molecule has 0 amide bonds. The molecule has 3 rings (SSSR count). The Kier molecular flexibility index (Phi) is 5.14. The molecule has 4 nitrogen and oxygen atoms in total. The van der Waals surface area contributed by atoms with Crippen molar-refractivity contribution in [3.8, 4) is 28.1 Å². The predicted molar refractivity (Wildman–Crippen MR) is 97.3 cm³/mol. The first kappa shape index (κ1) is 16.5. The molecule has 0 aliphatic heterocycles. The summed E-state index contributed by atoms with van der Waals surface area (Å²) in [4.78, 5) is 4.62. The summed E-state index contributed by atoms with van der Waals surface area (Å²) in [6.45, 7) is 0.374. The number of ether oxygens (including phenoxy) is 2. The minimum Gasteiger partial charge on any atom is -0.496 e. The molecule has 0 aliphatic rings. The Balaban J connectivity index is 1.74. The van der Waals surface area contributed by atoms with Gasteiger partial charge in [0, 0.05) is 9.85 Å². The third kappa shape index (κ3) is 3.75. The molecule has 3 aromatic rings. The molecule has 0 N–H and O–H groups in total. The predicted octanol–water partition coefficient (Wildman–Crippen LogP) is 5.03. The number of methoxy groups -OCH3 is 1. The molecule has 0 unspecified atom stereocenters. The third-order valence-electron chi connectivity index (χ3n) is 3.31. The van der Waals surface area contributed by atoms with Crippen LogP contribution in [0.5, 0.6) is 11.5 Å². The van der Waals surface area contributed by atoms with Gasteiger partial charge in [-0.25, -0.2) is 4.98 Å². The molecule has 0 spiro atoms. The van der Waals surface area contributed by atoms with Crippen LogP contribution in [0.4, 0.5) is 0 Å². The van der Waals surface area contributed by atoms with Gasteiger partial charge in [0.05, 0.1) is 30.0 Å². The van der Waals surface area contributed by atoms with E-state index in [2.05, 4.69) is 27.0 Å². The highest BCUT2D eigenvalue weighted by atomic mass is 79.9. The molecule has 0 saturated heterocycles. The van der Waals surface area contributed by atoms with E-state index in [1.54, 1.807) is 42.7 Å². The molecular weight excluding hydrogens is 388 g/mol. The van der Waals surface area contributed by atoms with E-state index in [4.69, 9.17) is 14.7 Å². The Morgan fingerprint density at radius 3 is 2.71 bits per heavy atom. The largest absolute Gasteiger partial charge is 0.496 e. The van der Waals surface area contributed by atoms with Gasteiger partial charge in [-0.1, -0.05) is 15.9 Å². The Hall–Kier alpha value is -2.36. The lowest BCUT2D eigenvalue weighted by Crippen LogP contribution is -1.96. The second-order valence-electron chi connectivity index (χ2n) is 4.91. The molecule has 0 aliphatic carbocycles. The average Bonchev–Trinajstić information content (AvgIpc) is 3.09. The molecule has 0 atom stereocenters. The minimum atomic E-state index is 0.374. The van der Waals surface area contributed by atoms with E-state index >= 15 is 0 Å². The van der Waals surface area contributed by atoms with E-state index in [9.17, 15) is 0 Å². The highest BCUT2D eigenvalue weighted by Gasteiger charge is 2.11. The van der Waals surface area contributed by atoms with Gasteiger partial charge >= 0.3 is 0 Å². The normalized spacial score (nSPS) is 10.2. The van der Waals surface area contributed by atoms with E-state index in [1.807, 2.05) is 23.6 Å². The molecular formula is C18H13BrN2O2S. The number of benzene rings is 2. The molecule has 1 heterocycles. The lowest BCUT2D eigenvalue weighted by Gasteiger charge is -2.06. The van der Waals surface area contributed by atoms with Crippen molar-refractivity contribution in [3.63, 3.8) is 0 Å². The summed E-state index contributed by atoms with van der Waals surface area (Å²) in [5, 5.41) is 11.6. The number of hydrogen-bond acceptors (Lipinski definition) is 5. The lowest BCUT2D eigenvalue weighted by molar-refractivity contribution is 0.302. The van der Waals surface area contributed by atoms with Crippen LogP contribution < -0.4 is 9.47 Å². The van der Waals surface area contributed by atoms with Crippen molar-refractivity contribution >= 4 is 27.3 Å². The number of nitriles is 1. The monoisotopic (exact) mass is 400 g/mol. The molecule has 6 heteroatoms. The number of halogens is 1. The molecule has 1 aromatic heterocycles. The number of rotatable bonds is 5. The zero-order valence-electron chi connectivity index (χ0n) is 12.8. The van der Waals surface area contributed by atoms with Crippen LogP contribution in [-0.2, 0) is 6.61 Å². The second-order valence-corrected chi connectivity index (χ2v) is 6.69. The van der Waals surface area contributed by atoms with Gasteiger partial charge in [-0.05, 0) is 42.5 Å². The van der Waals surface area contributed by atoms with Crippen molar-refractivity contribution < 1.29 is 9.47 Å². The number of nitrogens with zero attached hydrogens (tertiary/aromatic N) is 2. The van der Waals surface area contributed by atoms with Crippen LogP contribution in [-0.4, -0.2) is 12.1 Å². The van der Waals surface area contributed by atoms with Crippen LogP contribution in [0, 0.1) is 11.3 Å². The Morgan fingerprint density at radius 2 is 2.00 bits per heavy atom. The molecule has 0 fully saturated rings. The van der Waals surface area contributed by atoms with E-state index in [0.29, 0.717) is 17.9 Å².